The van der Waals surface area contributed by atoms with Gasteiger partial charge in [-0.25, -0.2) is 9.97 Å². The summed E-state index contributed by atoms with van der Waals surface area (Å²) in [5.74, 6) is 0. The fourth-order valence-electron chi connectivity index (χ4n) is 9.05. The summed E-state index contributed by atoms with van der Waals surface area (Å²) in [5.41, 5.74) is 21.1. The van der Waals surface area contributed by atoms with E-state index in [0.29, 0.717) is 0 Å². The molecule has 0 N–H and O–H groups in total. The summed E-state index contributed by atoms with van der Waals surface area (Å²) in [7, 11) is 0. The Morgan fingerprint density at radius 2 is 1.00 bits per heavy atom. The summed E-state index contributed by atoms with van der Waals surface area (Å²) >= 11 is 0. The van der Waals surface area contributed by atoms with Crippen LogP contribution in [0.5, 0.6) is 0 Å². The van der Waals surface area contributed by atoms with E-state index < -0.39 is 0 Å². The van der Waals surface area contributed by atoms with E-state index in [0.717, 1.165) is 96.2 Å². The molecule has 2 aliphatic heterocycles. The Kier molecular flexibility index (Phi) is 9.27. The molecule has 5 heterocycles. The SMILES string of the molecule is CCCCC1=C(C)c2cc3[n-]c(cc4nc(cc5[n-]c(cc1n2)c1cc2c6c(cccc6c51)-c1ccccc1-2)C(CCCC)=C4C)c(CC)c3CC.[Ni+2]. The van der Waals surface area contributed by atoms with Crippen LogP contribution in [0.3, 0.4) is 0 Å². The zero-order valence-corrected chi connectivity index (χ0v) is 32.7. The van der Waals surface area contributed by atoms with Gasteiger partial charge in [0.15, 0.2) is 0 Å². The van der Waals surface area contributed by atoms with Crippen molar-refractivity contribution in [1.29, 1.82) is 0 Å². The molecule has 8 bridgehead atoms. The van der Waals surface area contributed by atoms with E-state index in [9.17, 15) is 0 Å². The van der Waals surface area contributed by atoms with E-state index in [4.69, 9.17) is 19.9 Å². The minimum Gasteiger partial charge on any atom is -0.657 e. The van der Waals surface area contributed by atoms with Crippen molar-refractivity contribution < 1.29 is 16.5 Å². The Labute approximate surface area is 322 Å². The Hall–Kier alpha value is -4.73. The molecule has 0 amide bonds. The van der Waals surface area contributed by atoms with Gasteiger partial charge in [-0.05, 0) is 125 Å². The van der Waals surface area contributed by atoms with Crippen LogP contribution < -0.4 is 9.97 Å². The quantitative estimate of drug-likeness (QED) is 0.146. The van der Waals surface area contributed by atoms with Crippen LogP contribution >= 0.6 is 0 Å². The summed E-state index contributed by atoms with van der Waals surface area (Å²) in [4.78, 5) is 21.7. The van der Waals surface area contributed by atoms with Gasteiger partial charge in [-0.2, -0.15) is 0 Å². The van der Waals surface area contributed by atoms with Crippen LogP contribution in [0.2, 0.25) is 0 Å². The molecule has 0 saturated carbocycles. The van der Waals surface area contributed by atoms with E-state index in [1.54, 1.807) is 0 Å². The molecule has 268 valence electrons. The topological polar surface area (TPSA) is 54.0 Å². The molecule has 0 fully saturated rings. The third kappa shape index (κ3) is 5.54. The number of rotatable bonds is 8. The normalized spacial score (nSPS) is 13.4. The van der Waals surface area contributed by atoms with Crippen molar-refractivity contribution in [3.8, 4) is 22.3 Å². The summed E-state index contributed by atoms with van der Waals surface area (Å²) in [5, 5.41) is 4.95. The summed E-state index contributed by atoms with van der Waals surface area (Å²) in [6, 6.07) is 27.1. The van der Waals surface area contributed by atoms with Gasteiger partial charge in [-0.15, -0.1) is 22.1 Å². The van der Waals surface area contributed by atoms with Crippen molar-refractivity contribution in [2.75, 3.05) is 0 Å². The third-order valence-electron chi connectivity index (χ3n) is 11.8. The van der Waals surface area contributed by atoms with Crippen LogP contribution in [-0.4, -0.2) is 9.97 Å². The molecule has 1 aliphatic carbocycles. The zero-order chi connectivity index (χ0) is 35.7. The Morgan fingerprint density at radius 3 is 1.57 bits per heavy atom. The van der Waals surface area contributed by atoms with Crippen LogP contribution in [-0.2, 0) is 29.3 Å². The first-order chi connectivity index (χ1) is 25.4. The minimum atomic E-state index is 0. The predicted octanol–water partition coefficient (Wildman–Crippen LogP) is 12.9. The maximum atomic E-state index is 5.53. The zero-order valence-electron chi connectivity index (χ0n) is 31.7. The van der Waals surface area contributed by atoms with Crippen molar-refractivity contribution in [3.63, 3.8) is 0 Å². The van der Waals surface area contributed by atoms with E-state index in [-0.39, 0.29) is 16.5 Å². The second kappa shape index (κ2) is 13.9. The summed E-state index contributed by atoms with van der Waals surface area (Å²) in [6.45, 7) is 13.5. The van der Waals surface area contributed by atoms with Crippen molar-refractivity contribution in [2.24, 2.45) is 0 Å². The third-order valence-corrected chi connectivity index (χ3v) is 11.8. The molecule has 9 rings (SSSR count). The van der Waals surface area contributed by atoms with Crippen molar-refractivity contribution >= 4 is 65.9 Å². The van der Waals surface area contributed by atoms with E-state index in [1.807, 2.05) is 0 Å². The van der Waals surface area contributed by atoms with E-state index >= 15 is 0 Å². The van der Waals surface area contributed by atoms with Gasteiger partial charge in [-0.3, -0.25) is 0 Å². The predicted molar refractivity (Wildman–Crippen MR) is 221 cm³/mol. The van der Waals surface area contributed by atoms with Crippen molar-refractivity contribution in [1.82, 2.24) is 19.9 Å². The molecular formula is C48H46N4Ni. The van der Waals surface area contributed by atoms with Crippen LogP contribution in [0.15, 0.2) is 72.8 Å². The van der Waals surface area contributed by atoms with E-state index in [2.05, 4.69) is 114 Å². The monoisotopic (exact) mass is 736 g/mol. The van der Waals surface area contributed by atoms with Gasteiger partial charge in [0, 0.05) is 0 Å². The molecule has 53 heavy (non-hydrogen) atoms. The number of aromatic nitrogens is 4. The maximum absolute atomic E-state index is 5.53. The number of allylic oxidation sites excluding steroid dienone is 4. The Morgan fingerprint density at radius 1 is 0.491 bits per heavy atom. The standard InChI is InChI=1S/C48H46N4.Ni/c1-7-11-16-31-27(5)39-23-41-29(9-3)30(10-4)42(51-41)24-40-28(6)32(17-12-8-2)44(50-40)26-46-48-36-21-15-20-35-33-18-13-14-19-34(33)37(47(35)36)22-38(48)45(52-46)25-43(31)49-39;/h13-15,18-26H,7-12,16-17H2,1-6H3;/q-2;+2. The van der Waals surface area contributed by atoms with Crippen LogP contribution in [0, 0.1) is 0 Å². The van der Waals surface area contributed by atoms with Gasteiger partial charge in [0.1, 0.15) is 0 Å². The minimum absolute atomic E-state index is 0. The molecule has 6 aromatic rings. The number of hydrogen-bond acceptors (Lipinski definition) is 2. The van der Waals surface area contributed by atoms with Gasteiger partial charge in [0.2, 0.25) is 0 Å². The fraction of sp³-hybridized carbons (Fsp3) is 0.292. The largest absolute Gasteiger partial charge is 2.00 e. The fourth-order valence-corrected chi connectivity index (χ4v) is 9.05. The van der Waals surface area contributed by atoms with Crippen molar-refractivity contribution in [3.05, 3.63) is 107 Å². The molecule has 0 atom stereocenters. The van der Waals surface area contributed by atoms with Crippen molar-refractivity contribution in [2.45, 2.75) is 92.9 Å². The summed E-state index contributed by atoms with van der Waals surface area (Å²) in [6.07, 6.45) is 8.35. The average Bonchev–Trinajstić information content (AvgIpc) is 3.92. The molecule has 5 heteroatoms. The summed E-state index contributed by atoms with van der Waals surface area (Å²) < 4.78 is 0. The number of fused-ring (bicyclic) bond motifs is 15. The Balaban J connectivity index is 0.00000400. The molecule has 0 unspecified atom stereocenters. The van der Waals surface area contributed by atoms with Gasteiger partial charge < -0.3 is 9.97 Å². The number of hydrogen-bond donors (Lipinski definition) is 0. The van der Waals surface area contributed by atoms with Gasteiger partial charge >= 0.3 is 16.5 Å². The van der Waals surface area contributed by atoms with Crippen LogP contribution in [0.4, 0.5) is 0 Å². The molecule has 0 radical (unpaired) electrons. The van der Waals surface area contributed by atoms with Crippen LogP contribution in [0.25, 0.3) is 88.2 Å². The number of nitrogens with zero attached hydrogens (tertiary/aromatic N) is 4. The van der Waals surface area contributed by atoms with Gasteiger partial charge in [0.25, 0.3) is 0 Å². The molecule has 3 aromatic heterocycles. The number of aryl methyl sites for hydroxylation is 2. The smallest absolute Gasteiger partial charge is 0.657 e. The van der Waals surface area contributed by atoms with Gasteiger partial charge in [-0.1, -0.05) is 118 Å². The maximum Gasteiger partial charge on any atom is 2.00 e. The second-order valence-corrected chi connectivity index (χ2v) is 14.8. The second-order valence-electron chi connectivity index (χ2n) is 14.8. The number of unbranched alkanes of at least 4 members (excludes halogenated alkanes) is 2. The molecule has 3 aromatic carbocycles. The first-order valence-electron chi connectivity index (χ1n) is 19.5. The first kappa shape index (κ1) is 35.3. The average molecular weight is 738 g/mol. The molecular weight excluding hydrogens is 691 g/mol. The Bertz CT molecular complexity index is 2700. The molecule has 0 saturated heterocycles. The number of benzene rings is 3. The van der Waals surface area contributed by atoms with E-state index in [1.165, 1.54) is 77.2 Å². The van der Waals surface area contributed by atoms with Gasteiger partial charge in [0.05, 0.1) is 22.8 Å². The molecule has 3 aliphatic rings. The molecule has 0 spiro atoms. The van der Waals surface area contributed by atoms with Crippen LogP contribution in [0.1, 0.15) is 114 Å². The first-order valence-corrected chi connectivity index (χ1v) is 19.5. The molecule has 4 nitrogen and oxygen atoms in total.